The summed E-state index contributed by atoms with van der Waals surface area (Å²) in [6, 6.07) is 1.80. The van der Waals surface area contributed by atoms with Gasteiger partial charge in [0.25, 0.3) is 0 Å². The minimum absolute atomic E-state index is 0.0826. The lowest BCUT2D eigenvalue weighted by atomic mass is 10.2. The van der Waals surface area contributed by atoms with E-state index >= 15 is 0 Å². The molecule has 0 aliphatic carbocycles. The molecule has 4 nitrogen and oxygen atoms in total. The average Bonchev–Trinajstić information content (AvgIpc) is 2.18. The van der Waals surface area contributed by atoms with Gasteiger partial charge in [-0.1, -0.05) is 0 Å². The highest BCUT2D eigenvalue weighted by atomic mass is 16.3. The van der Waals surface area contributed by atoms with Crippen LogP contribution in [-0.4, -0.2) is 21.1 Å². The predicted molar refractivity (Wildman–Crippen MR) is 54.5 cm³/mol. The summed E-state index contributed by atoms with van der Waals surface area (Å²) in [7, 11) is 0. The van der Waals surface area contributed by atoms with Crippen molar-refractivity contribution in [1.82, 2.24) is 9.97 Å². The maximum Gasteiger partial charge on any atom is 0.223 e. The molecule has 1 unspecified atom stereocenters. The van der Waals surface area contributed by atoms with Crippen molar-refractivity contribution in [2.24, 2.45) is 0 Å². The summed E-state index contributed by atoms with van der Waals surface area (Å²) in [5, 5.41) is 11.9. The van der Waals surface area contributed by atoms with Crippen LogP contribution >= 0.6 is 0 Å². The van der Waals surface area contributed by atoms with Gasteiger partial charge in [-0.2, -0.15) is 0 Å². The summed E-state index contributed by atoms with van der Waals surface area (Å²) in [6.07, 6.45) is 7.39. The SMILES string of the molecule is C#CCC(C)Nc1nccc(CO)n1. The fourth-order valence-electron chi connectivity index (χ4n) is 1.00. The highest BCUT2D eigenvalue weighted by molar-refractivity contribution is 5.26. The average molecular weight is 191 g/mol. The molecule has 14 heavy (non-hydrogen) atoms. The Balaban J connectivity index is 2.63. The molecule has 0 fully saturated rings. The van der Waals surface area contributed by atoms with Crippen LogP contribution in [0.3, 0.4) is 0 Å². The number of nitrogens with zero attached hydrogens (tertiary/aromatic N) is 2. The zero-order chi connectivity index (χ0) is 10.4. The second kappa shape index (κ2) is 5.20. The molecule has 2 N–H and O–H groups in total. The first-order valence-electron chi connectivity index (χ1n) is 4.39. The molecule has 0 aliphatic heterocycles. The van der Waals surface area contributed by atoms with Gasteiger partial charge in [0.05, 0.1) is 12.3 Å². The van der Waals surface area contributed by atoms with Gasteiger partial charge in [-0.15, -0.1) is 12.3 Å². The van der Waals surface area contributed by atoms with Gasteiger partial charge in [0.1, 0.15) is 0 Å². The minimum Gasteiger partial charge on any atom is -0.390 e. The minimum atomic E-state index is -0.0826. The van der Waals surface area contributed by atoms with E-state index in [2.05, 4.69) is 21.2 Å². The van der Waals surface area contributed by atoms with E-state index in [1.54, 1.807) is 12.3 Å². The molecule has 0 saturated carbocycles. The Labute approximate surface area is 83.4 Å². The second-order valence-corrected chi connectivity index (χ2v) is 2.98. The van der Waals surface area contributed by atoms with E-state index in [4.69, 9.17) is 11.5 Å². The van der Waals surface area contributed by atoms with E-state index in [1.165, 1.54) is 0 Å². The molecule has 74 valence electrons. The molecule has 1 rings (SSSR count). The van der Waals surface area contributed by atoms with Gasteiger partial charge in [-0.05, 0) is 13.0 Å². The Morgan fingerprint density at radius 1 is 1.71 bits per heavy atom. The lowest BCUT2D eigenvalue weighted by molar-refractivity contribution is 0.277. The van der Waals surface area contributed by atoms with E-state index in [0.29, 0.717) is 18.1 Å². The second-order valence-electron chi connectivity index (χ2n) is 2.98. The van der Waals surface area contributed by atoms with E-state index in [9.17, 15) is 0 Å². The zero-order valence-corrected chi connectivity index (χ0v) is 8.07. The Hall–Kier alpha value is -1.60. The van der Waals surface area contributed by atoms with Crippen molar-refractivity contribution >= 4 is 5.95 Å². The summed E-state index contributed by atoms with van der Waals surface area (Å²) in [5.74, 6) is 3.05. The first-order chi connectivity index (χ1) is 6.76. The number of terminal acetylenes is 1. The van der Waals surface area contributed by atoms with Gasteiger partial charge in [0.15, 0.2) is 0 Å². The van der Waals surface area contributed by atoms with Crippen molar-refractivity contribution in [2.45, 2.75) is 26.0 Å². The number of anilines is 1. The third-order valence-electron chi connectivity index (χ3n) is 1.67. The van der Waals surface area contributed by atoms with Crippen LogP contribution in [0, 0.1) is 12.3 Å². The van der Waals surface area contributed by atoms with Crippen LogP contribution in [0.1, 0.15) is 19.0 Å². The number of aliphatic hydroxyl groups excluding tert-OH is 1. The van der Waals surface area contributed by atoms with Gasteiger partial charge in [0, 0.05) is 18.7 Å². The van der Waals surface area contributed by atoms with Crippen molar-refractivity contribution in [3.8, 4) is 12.3 Å². The summed E-state index contributed by atoms with van der Waals surface area (Å²) >= 11 is 0. The first kappa shape index (κ1) is 10.5. The maximum absolute atomic E-state index is 8.85. The van der Waals surface area contributed by atoms with Gasteiger partial charge in [-0.3, -0.25) is 0 Å². The van der Waals surface area contributed by atoms with E-state index < -0.39 is 0 Å². The number of hydrogen-bond acceptors (Lipinski definition) is 4. The lowest BCUT2D eigenvalue weighted by Crippen LogP contribution is -2.16. The Kier molecular flexibility index (Phi) is 3.89. The summed E-state index contributed by atoms with van der Waals surface area (Å²) in [5.41, 5.74) is 0.593. The van der Waals surface area contributed by atoms with Crippen molar-refractivity contribution in [1.29, 1.82) is 0 Å². The van der Waals surface area contributed by atoms with E-state index in [-0.39, 0.29) is 12.6 Å². The van der Waals surface area contributed by atoms with Crippen LogP contribution in [0.4, 0.5) is 5.95 Å². The molecule has 1 atom stereocenters. The number of rotatable bonds is 4. The molecular weight excluding hydrogens is 178 g/mol. The Bertz CT molecular complexity index is 332. The Morgan fingerprint density at radius 2 is 2.50 bits per heavy atom. The van der Waals surface area contributed by atoms with E-state index in [1.807, 2.05) is 6.92 Å². The van der Waals surface area contributed by atoms with Gasteiger partial charge >= 0.3 is 0 Å². The molecule has 0 aliphatic rings. The van der Waals surface area contributed by atoms with E-state index in [0.717, 1.165) is 0 Å². The Morgan fingerprint density at radius 3 is 3.14 bits per heavy atom. The number of nitrogens with one attached hydrogen (secondary N) is 1. The molecule has 0 bridgehead atoms. The number of aliphatic hydroxyl groups is 1. The highest BCUT2D eigenvalue weighted by Crippen LogP contribution is 2.03. The summed E-state index contributed by atoms with van der Waals surface area (Å²) < 4.78 is 0. The van der Waals surface area contributed by atoms with Crippen LogP contribution in [-0.2, 0) is 6.61 Å². The molecule has 0 saturated heterocycles. The van der Waals surface area contributed by atoms with Crippen LogP contribution < -0.4 is 5.32 Å². The molecule has 0 aromatic carbocycles. The van der Waals surface area contributed by atoms with Crippen LogP contribution in [0.2, 0.25) is 0 Å². The van der Waals surface area contributed by atoms with Crippen molar-refractivity contribution in [2.75, 3.05) is 5.32 Å². The number of hydrogen-bond donors (Lipinski definition) is 2. The van der Waals surface area contributed by atoms with Crippen molar-refractivity contribution in [3.05, 3.63) is 18.0 Å². The lowest BCUT2D eigenvalue weighted by Gasteiger charge is -2.10. The normalized spacial score (nSPS) is 11.8. The molecular formula is C10H13N3O. The first-order valence-corrected chi connectivity index (χ1v) is 4.39. The third-order valence-corrected chi connectivity index (χ3v) is 1.67. The van der Waals surface area contributed by atoms with Crippen LogP contribution in [0.5, 0.6) is 0 Å². The predicted octanol–water partition coefficient (Wildman–Crippen LogP) is 0.793. The van der Waals surface area contributed by atoms with Gasteiger partial charge in [-0.25, -0.2) is 9.97 Å². The van der Waals surface area contributed by atoms with Gasteiger partial charge in [0.2, 0.25) is 5.95 Å². The molecule has 0 amide bonds. The standard InChI is InChI=1S/C10H13N3O/c1-3-4-8(2)12-10-11-6-5-9(7-14)13-10/h1,5-6,8,14H,4,7H2,2H3,(H,11,12,13). The quantitative estimate of drug-likeness (QED) is 0.691. The maximum atomic E-state index is 8.85. The number of aromatic nitrogens is 2. The molecule has 1 aromatic heterocycles. The van der Waals surface area contributed by atoms with Crippen LogP contribution in [0.25, 0.3) is 0 Å². The summed E-state index contributed by atoms with van der Waals surface area (Å²) in [4.78, 5) is 8.08. The smallest absolute Gasteiger partial charge is 0.223 e. The molecule has 1 aromatic rings. The zero-order valence-electron chi connectivity index (χ0n) is 8.07. The molecule has 1 heterocycles. The fourth-order valence-corrected chi connectivity index (χ4v) is 1.00. The largest absolute Gasteiger partial charge is 0.390 e. The summed E-state index contributed by atoms with van der Waals surface area (Å²) in [6.45, 7) is 1.87. The van der Waals surface area contributed by atoms with Crippen LogP contribution in [0.15, 0.2) is 12.3 Å². The third kappa shape index (κ3) is 3.04. The topological polar surface area (TPSA) is 58.0 Å². The monoisotopic (exact) mass is 191 g/mol. The van der Waals surface area contributed by atoms with Crippen molar-refractivity contribution in [3.63, 3.8) is 0 Å². The molecule has 0 spiro atoms. The highest BCUT2D eigenvalue weighted by Gasteiger charge is 2.02. The van der Waals surface area contributed by atoms with Gasteiger partial charge < -0.3 is 10.4 Å². The fraction of sp³-hybridized carbons (Fsp3) is 0.400. The molecule has 4 heteroatoms. The van der Waals surface area contributed by atoms with Crippen molar-refractivity contribution < 1.29 is 5.11 Å². The molecule has 0 radical (unpaired) electrons.